The van der Waals surface area contributed by atoms with E-state index in [1.54, 1.807) is 66.2 Å². The predicted molar refractivity (Wildman–Crippen MR) is 113 cm³/mol. The lowest BCUT2D eigenvalue weighted by molar-refractivity contribution is -0.122. The normalized spacial score (nSPS) is 15.3. The van der Waals surface area contributed by atoms with Gasteiger partial charge in [0.1, 0.15) is 5.57 Å². The van der Waals surface area contributed by atoms with E-state index in [2.05, 4.69) is 5.32 Å². The van der Waals surface area contributed by atoms with E-state index in [0.29, 0.717) is 22.6 Å². The Balaban J connectivity index is 1.73. The fraction of sp³-hybridized carbons (Fsp3) is 0.0435. The number of nitrogens with one attached hydrogen (secondary N) is 1. The van der Waals surface area contributed by atoms with E-state index in [4.69, 9.17) is 5.11 Å². The smallest absolute Gasteiger partial charge is 0.335 e. The zero-order valence-electron chi connectivity index (χ0n) is 16.4. The number of carbonyl (C=O) groups is 4. The van der Waals surface area contributed by atoms with Crippen LogP contribution in [0.2, 0.25) is 0 Å². The third-order valence-electron chi connectivity index (χ3n) is 4.92. The van der Waals surface area contributed by atoms with Crippen molar-refractivity contribution in [1.82, 2.24) is 9.88 Å². The van der Waals surface area contributed by atoms with Gasteiger partial charge < -0.3 is 9.67 Å². The summed E-state index contributed by atoms with van der Waals surface area (Å²) in [6.07, 6.45) is 3.12. The van der Waals surface area contributed by atoms with Gasteiger partial charge in [-0.2, -0.15) is 0 Å². The fourth-order valence-corrected chi connectivity index (χ4v) is 3.35. The maximum Gasteiger partial charge on any atom is 0.335 e. The van der Waals surface area contributed by atoms with Crippen molar-refractivity contribution in [2.24, 2.45) is 0 Å². The van der Waals surface area contributed by atoms with E-state index < -0.39 is 23.8 Å². The standard InChI is InChI=1S/C23H17N3O5/c1-14-5-2-3-7-19(14)26-21(28)18(20(27)24-23(26)31)13-17-6-4-12-25(17)16-10-8-15(9-11-16)22(29)30/h2-13H,1H3,(H,29,30)(H,24,27,31). The molecule has 0 spiro atoms. The van der Waals surface area contributed by atoms with Crippen LogP contribution in [0, 0.1) is 6.92 Å². The molecule has 1 fully saturated rings. The molecule has 1 aromatic heterocycles. The summed E-state index contributed by atoms with van der Waals surface area (Å²) >= 11 is 0. The average molecular weight is 415 g/mol. The molecular formula is C23H17N3O5. The molecule has 3 aromatic rings. The van der Waals surface area contributed by atoms with Crippen LogP contribution in [0.15, 0.2) is 72.4 Å². The Labute approximate surface area is 177 Å². The molecule has 4 rings (SSSR count). The summed E-state index contributed by atoms with van der Waals surface area (Å²) in [6.45, 7) is 1.77. The van der Waals surface area contributed by atoms with Crippen LogP contribution < -0.4 is 10.2 Å². The fourth-order valence-electron chi connectivity index (χ4n) is 3.35. The predicted octanol–water partition coefficient (Wildman–Crippen LogP) is 3.15. The number of rotatable bonds is 4. The summed E-state index contributed by atoms with van der Waals surface area (Å²) in [6, 6.07) is 15.7. The number of carboxylic acids is 1. The van der Waals surface area contributed by atoms with Gasteiger partial charge in [0.25, 0.3) is 11.8 Å². The van der Waals surface area contributed by atoms with Gasteiger partial charge in [0.15, 0.2) is 0 Å². The second-order valence-electron chi connectivity index (χ2n) is 6.90. The minimum absolute atomic E-state index is 0.144. The van der Waals surface area contributed by atoms with Crippen molar-refractivity contribution in [3.05, 3.63) is 89.3 Å². The third kappa shape index (κ3) is 3.62. The van der Waals surface area contributed by atoms with Gasteiger partial charge in [0.05, 0.1) is 11.3 Å². The van der Waals surface area contributed by atoms with Gasteiger partial charge in [-0.25, -0.2) is 14.5 Å². The average Bonchev–Trinajstić information content (AvgIpc) is 3.20. The summed E-state index contributed by atoms with van der Waals surface area (Å²) < 4.78 is 1.70. The van der Waals surface area contributed by atoms with Crippen LogP contribution in [0.1, 0.15) is 21.6 Å². The first kappa shape index (κ1) is 19.8. The SMILES string of the molecule is Cc1ccccc1N1C(=O)NC(=O)C(=Cc2cccn2-c2ccc(C(=O)O)cc2)C1=O. The van der Waals surface area contributed by atoms with Gasteiger partial charge in [-0.3, -0.25) is 14.9 Å². The highest BCUT2D eigenvalue weighted by atomic mass is 16.4. The maximum absolute atomic E-state index is 13.1. The third-order valence-corrected chi connectivity index (χ3v) is 4.92. The quantitative estimate of drug-likeness (QED) is 0.503. The van der Waals surface area contributed by atoms with Crippen LogP contribution in [-0.4, -0.2) is 33.5 Å². The topological polar surface area (TPSA) is 109 Å². The molecule has 0 aliphatic carbocycles. The number of nitrogens with zero attached hydrogens (tertiary/aromatic N) is 2. The molecule has 0 saturated carbocycles. The molecule has 0 atom stereocenters. The summed E-state index contributed by atoms with van der Waals surface area (Å²) in [5.41, 5.74) is 2.22. The number of aromatic carboxylic acids is 1. The van der Waals surface area contributed by atoms with Gasteiger partial charge in [-0.15, -0.1) is 0 Å². The summed E-state index contributed by atoms with van der Waals surface area (Å²) in [5, 5.41) is 11.3. The lowest BCUT2D eigenvalue weighted by atomic mass is 10.1. The number of urea groups is 1. The van der Waals surface area contributed by atoms with Crippen LogP contribution in [-0.2, 0) is 9.59 Å². The highest BCUT2D eigenvalue weighted by molar-refractivity contribution is 6.39. The summed E-state index contributed by atoms with van der Waals surface area (Å²) in [5.74, 6) is -2.54. The number of hydrogen-bond acceptors (Lipinski definition) is 4. The second-order valence-corrected chi connectivity index (χ2v) is 6.90. The van der Waals surface area contributed by atoms with E-state index in [-0.39, 0.29) is 11.1 Å². The maximum atomic E-state index is 13.1. The van der Waals surface area contributed by atoms with Crippen LogP contribution in [0.3, 0.4) is 0 Å². The van der Waals surface area contributed by atoms with Crippen molar-refractivity contribution < 1.29 is 24.3 Å². The number of barbiturate groups is 1. The van der Waals surface area contributed by atoms with Gasteiger partial charge in [-0.1, -0.05) is 18.2 Å². The molecule has 8 nitrogen and oxygen atoms in total. The van der Waals surface area contributed by atoms with E-state index in [1.165, 1.54) is 18.2 Å². The van der Waals surface area contributed by atoms with E-state index in [0.717, 1.165) is 4.90 Å². The Morgan fingerprint density at radius 1 is 0.968 bits per heavy atom. The van der Waals surface area contributed by atoms with Crippen molar-refractivity contribution in [2.75, 3.05) is 4.90 Å². The van der Waals surface area contributed by atoms with Crippen LogP contribution in [0.4, 0.5) is 10.5 Å². The largest absolute Gasteiger partial charge is 0.478 e. The van der Waals surface area contributed by atoms with E-state index >= 15 is 0 Å². The highest BCUT2D eigenvalue weighted by Crippen LogP contribution is 2.25. The van der Waals surface area contributed by atoms with Crippen molar-refractivity contribution in [3.63, 3.8) is 0 Å². The molecule has 2 heterocycles. The van der Waals surface area contributed by atoms with Crippen LogP contribution >= 0.6 is 0 Å². The Morgan fingerprint density at radius 2 is 1.68 bits per heavy atom. The molecule has 0 radical (unpaired) electrons. The molecule has 31 heavy (non-hydrogen) atoms. The zero-order chi connectivity index (χ0) is 22.1. The van der Waals surface area contributed by atoms with Gasteiger partial charge in [0, 0.05) is 17.6 Å². The zero-order valence-corrected chi connectivity index (χ0v) is 16.4. The molecule has 1 aliphatic rings. The van der Waals surface area contributed by atoms with Crippen molar-refractivity contribution in [2.45, 2.75) is 6.92 Å². The highest BCUT2D eigenvalue weighted by Gasteiger charge is 2.37. The first-order valence-corrected chi connectivity index (χ1v) is 9.35. The molecular weight excluding hydrogens is 398 g/mol. The van der Waals surface area contributed by atoms with Crippen LogP contribution in [0.25, 0.3) is 11.8 Å². The summed E-state index contributed by atoms with van der Waals surface area (Å²) in [7, 11) is 0. The van der Waals surface area contributed by atoms with E-state index in [1.807, 2.05) is 0 Å². The van der Waals surface area contributed by atoms with Crippen molar-refractivity contribution >= 4 is 35.6 Å². The summed E-state index contributed by atoms with van der Waals surface area (Å²) in [4.78, 5) is 49.9. The first-order chi connectivity index (χ1) is 14.9. The molecule has 2 N–H and O–H groups in total. The van der Waals surface area contributed by atoms with Crippen molar-refractivity contribution in [3.8, 4) is 5.69 Å². The number of anilines is 1. The number of aryl methyl sites for hydroxylation is 1. The van der Waals surface area contributed by atoms with Crippen molar-refractivity contribution in [1.29, 1.82) is 0 Å². The Hall–Kier alpha value is -4.46. The number of carboxylic acid groups (broad SMARTS) is 1. The lowest BCUT2D eigenvalue weighted by Gasteiger charge is -2.27. The molecule has 154 valence electrons. The minimum Gasteiger partial charge on any atom is -0.478 e. The van der Waals surface area contributed by atoms with Gasteiger partial charge in [-0.05, 0) is 61.0 Å². The molecule has 4 amide bonds. The second kappa shape index (κ2) is 7.75. The number of hydrogen-bond donors (Lipinski definition) is 2. The lowest BCUT2D eigenvalue weighted by Crippen LogP contribution is -2.54. The Kier molecular flexibility index (Phi) is 4.96. The minimum atomic E-state index is -1.04. The van der Waals surface area contributed by atoms with Gasteiger partial charge >= 0.3 is 12.0 Å². The number of para-hydroxylation sites is 1. The number of imide groups is 2. The van der Waals surface area contributed by atoms with Gasteiger partial charge in [0.2, 0.25) is 0 Å². The van der Waals surface area contributed by atoms with E-state index in [9.17, 15) is 19.2 Å². The first-order valence-electron chi connectivity index (χ1n) is 9.35. The Morgan fingerprint density at radius 3 is 2.35 bits per heavy atom. The Bertz CT molecular complexity index is 1250. The monoisotopic (exact) mass is 415 g/mol. The molecule has 1 saturated heterocycles. The molecule has 0 bridgehead atoms. The van der Waals surface area contributed by atoms with Crippen LogP contribution in [0.5, 0.6) is 0 Å². The molecule has 0 unspecified atom stereocenters. The molecule has 1 aliphatic heterocycles. The number of benzene rings is 2. The molecule has 2 aromatic carbocycles. The number of aromatic nitrogens is 1. The number of carbonyl (C=O) groups excluding carboxylic acids is 3. The molecule has 8 heteroatoms. The number of amides is 4.